The van der Waals surface area contributed by atoms with Crippen LogP contribution in [0.4, 0.5) is 5.69 Å². The molecule has 0 aliphatic carbocycles. The van der Waals surface area contributed by atoms with E-state index in [2.05, 4.69) is 19.2 Å². The number of rotatable bonds is 5. The van der Waals surface area contributed by atoms with Gasteiger partial charge in [-0.25, -0.2) is 0 Å². The van der Waals surface area contributed by atoms with Crippen LogP contribution in [0.5, 0.6) is 5.75 Å². The number of anilines is 1. The molecule has 0 spiro atoms. The highest BCUT2D eigenvalue weighted by atomic mass is 16.5. The zero-order valence-electron chi connectivity index (χ0n) is 15.0. The van der Waals surface area contributed by atoms with Crippen LogP contribution in [0.15, 0.2) is 42.5 Å². The van der Waals surface area contributed by atoms with Gasteiger partial charge >= 0.3 is 0 Å². The minimum atomic E-state index is -0.804. The van der Waals surface area contributed by atoms with Crippen LogP contribution in [0.2, 0.25) is 0 Å². The number of aliphatic hydroxyl groups is 1. The minimum Gasteiger partial charge on any atom is -0.493 e. The van der Waals surface area contributed by atoms with E-state index < -0.39 is 6.23 Å². The van der Waals surface area contributed by atoms with Gasteiger partial charge in [-0.1, -0.05) is 32.0 Å². The molecule has 1 aliphatic rings. The van der Waals surface area contributed by atoms with Gasteiger partial charge in [0, 0.05) is 23.2 Å². The lowest BCUT2D eigenvalue weighted by atomic mass is 9.79. The fourth-order valence-corrected chi connectivity index (χ4v) is 3.17. The lowest BCUT2D eigenvalue weighted by Crippen LogP contribution is -2.27. The van der Waals surface area contributed by atoms with E-state index in [4.69, 9.17) is 4.74 Å². The molecule has 4 heteroatoms. The van der Waals surface area contributed by atoms with Crippen LogP contribution in [0, 0.1) is 0 Å². The molecule has 1 atom stereocenters. The molecule has 1 aliphatic heterocycles. The third-order valence-electron chi connectivity index (χ3n) is 4.74. The predicted octanol–water partition coefficient (Wildman–Crippen LogP) is 3.98. The quantitative estimate of drug-likeness (QED) is 0.809. The number of benzene rings is 2. The maximum atomic E-state index is 11.2. The van der Waals surface area contributed by atoms with E-state index in [1.54, 1.807) is 6.92 Å². The van der Waals surface area contributed by atoms with E-state index in [1.165, 1.54) is 0 Å². The maximum absolute atomic E-state index is 11.2. The van der Waals surface area contributed by atoms with E-state index in [9.17, 15) is 9.90 Å². The normalized spacial score (nSPS) is 16.5. The number of fused-ring (bicyclic) bond motifs is 1. The number of nitrogens with one attached hydrogen (secondary N) is 1. The Morgan fingerprint density at radius 2 is 1.96 bits per heavy atom. The largest absolute Gasteiger partial charge is 0.493 e. The first-order chi connectivity index (χ1) is 11.8. The van der Waals surface area contributed by atoms with E-state index in [0.717, 1.165) is 41.2 Å². The third kappa shape index (κ3) is 4.02. The number of carbonyl (C=O) groups excluding carboxylic acids is 1. The van der Waals surface area contributed by atoms with Gasteiger partial charge in [-0.15, -0.1) is 0 Å². The summed E-state index contributed by atoms with van der Waals surface area (Å²) in [4.78, 5) is 11.2. The standard InChI is InChI=1S/C21H25NO3/c1-14(23)12-15-4-7-17(8-5-15)22-20(24)16-6-9-19-18(13-16)21(2,3)10-11-25-19/h4-9,13,20,22,24H,10-12H2,1-3H3. The van der Waals surface area contributed by atoms with E-state index in [1.807, 2.05) is 42.5 Å². The van der Waals surface area contributed by atoms with Crippen LogP contribution >= 0.6 is 0 Å². The smallest absolute Gasteiger partial charge is 0.150 e. The van der Waals surface area contributed by atoms with Gasteiger partial charge in [0.15, 0.2) is 6.23 Å². The molecule has 1 heterocycles. The first-order valence-corrected chi connectivity index (χ1v) is 8.65. The highest BCUT2D eigenvalue weighted by Gasteiger charge is 2.29. The molecule has 25 heavy (non-hydrogen) atoms. The second kappa shape index (κ2) is 6.89. The molecule has 2 N–H and O–H groups in total. The number of hydrogen-bond donors (Lipinski definition) is 2. The molecule has 0 radical (unpaired) electrons. The average molecular weight is 339 g/mol. The zero-order chi connectivity index (χ0) is 18.0. The van der Waals surface area contributed by atoms with Crippen molar-refractivity contribution in [2.75, 3.05) is 11.9 Å². The summed E-state index contributed by atoms with van der Waals surface area (Å²) in [5, 5.41) is 13.7. The van der Waals surface area contributed by atoms with Gasteiger partial charge in [0.1, 0.15) is 11.5 Å². The van der Waals surface area contributed by atoms with Gasteiger partial charge in [0.05, 0.1) is 6.61 Å². The summed E-state index contributed by atoms with van der Waals surface area (Å²) >= 11 is 0. The SMILES string of the molecule is CC(=O)Cc1ccc(NC(O)c2ccc3c(c2)C(C)(C)CCO3)cc1. The molecular formula is C21H25NO3. The Labute approximate surface area is 148 Å². The summed E-state index contributed by atoms with van der Waals surface area (Å²) in [5.74, 6) is 1.04. The van der Waals surface area contributed by atoms with Crippen molar-refractivity contribution in [1.82, 2.24) is 0 Å². The van der Waals surface area contributed by atoms with Crippen molar-refractivity contribution in [3.63, 3.8) is 0 Å². The molecule has 132 valence electrons. The van der Waals surface area contributed by atoms with Crippen molar-refractivity contribution in [2.45, 2.75) is 45.3 Å². The van der Waals surface area contributed by atoms with E-state index >= 15 is 0 Å². The molecule has 2 aromatic rings. The van der Waals surface area contributed by atoms with Crippen molar-refractivity contribution in [3.05, 3.63) is 59.2 Å². The molecule has 0 aromatic heterocycles. The molecule has 0 amide bonds. The summed E-state index contributed by atoms with van der Waals surface area (Å²) in [7, 11) is 0. The molecule has 1 unspecified atom stereocenters. The zero-order valence-corrected chi connectivity index (χ0v) is 15.0. The number of hydrogen-bond acceptors (Lipinski definition) is 4. The Morgan fingerprint density at radius 1 is 1.24 bits per heavy atom. The Morgan fingerprint density at radius 3 is 2.64 bits per heavy atom. The average Bonchev–Trinajstić information content (AvgIpc) is 2.56. The van der Waals surface area contributed by atoms with Crippen LogP contribution in [0.1, 0.15) is 50.1 Å². The van der Waals surface area contributed by atoms with Crippen LogP contribution in [-0.4, -0.2) is 17.5 Å². The Hall–Kier alpha value is -2.33. The summed E-state index contributed by atoms with van der Waals surface area (Å²) in [6.45, 7) is 6.71. The molecule has 3 rings (SSSR count). The molecule has 2 aromatic carbocycles. The summed E-state index contributed by atoms with van der Waals surface area (Å²) in [6, 6.07) is 13.4. The van der Waals surface area contributed by atoms with Gasteiger partial charge in [0.2, 0.25) is 0 Å². The van der Waals surface area contributed by atoms with Gasteiger partial charge in [-0.3, -0.25) is 4.79 Å². The summed E-state index contributed by atoms with van der Waals surface area (Å²) in [5.41, 5.74) is 3.77. The van der Waals surface area contributed by atoms with Crippen LogP contribution in [0.3, 0.4) is 0 Å². The second-order valence-corrected chi connectivity index (χ2v) is 7.36. The van der Waals surface area contributed by atoms with E-state index in [0.29, 0.717) is 6.42 Å². The first kappa shape index (κ1) is 17.5. The topological polar surface area (TPSA) is 58.6 Å². The highest BCUT2D eigenvalue weighted by molar-refractivity contribution is 5.78. The van der Waals surface area contributed by atoms with Crippen molar-refractivity contribution in [3.8, 4) is 5.75 Å². The first-order valence-electron chi connectivity index (χ1n) is 8.65. The van der Waals surface area contributed by atoms with E-state index in [-0.39, 0.29) is 11.2 Å². The second-order valence-electron chi connectivity index (χ2n) is 7.36. The molecule has 0 saturated carbocycles. The van der Waals surface area contributed by atoms with Gasteiger partial charge in [-0.05, 0) is 48.6 Å². The predicted molar refractivity (Wildman–Crippen MR) is 99.0 cm³/mol. The maximum Gasteiger partial charge on any atom is 0.150 e. The van der Waals surface area contributed by atoms with Crippen LogP contribution in [-0.2, 0) is 16.6 Å². The lowest BCUT2D eigenvalue weighted by Gasteiger charge is -2.33. The number of carbonyl (C=O) groups is 1. The molecular weight excluding hydrogens is 314 g/mol. The van der Waals surface area contributed by atoms with Crippen molar-refractivity contribution in [1.29, 1.82) is 0 Å². The Balaban J connectivity index is 1.75. The molecule has 0 fully saturated rings. The number of Topliss-reactive ketones (excluding diaryl/α,β-unsaturated/α-hetero) is 1. The van der Waals surface area contributed by atoms with Crippen LogP contribution < -0.4 is 10.1 Å². The van der Waals surface area contributed by atoms with Crippen molar-refractivity contribution < 1.29 is 14.6 Å². The number of aliphatic hydroxyl groups excluding tert-OH is 1. The summed E-state index contributed by atoms with van der Waals surface area (Å²) in [6.07, 6.45) is 0.592. The third-order valence-corrected chi connectivity index (χ3v) is 4.74. The Kier molecular flexibility index (Phi) is 4.82. The minimum absolute atomic E-state index is 0.0393. The van der Waals surface area contributed by atoms with Crippen LogP contribution in [0.25, 0.3) is 0 Å². The summed E-state index contributed by atoms with van der Waals surface area (Å²) < 4.78 is 5.73. The van der Waals surface area contributed by atoms with Crippen molar-refractivity contribution in [2.24, 2.45) is 0 Å². The fraction of sp³-hybridized carbons (Fsp3) is 0.381. The molecule has 4 nitrogen and oxygen atoms in total. The number of ether oxygens (including phenoxy) is 1. The van der Waals surface area contributed by atoms with Gasteiger partial charge in [0.25, 0.3) is 0 Å². The molecule has 0 bridgehead atoms. The van der Waals surface area contributed by atoms with Crippen molar-refractivity contribution >= 4 is 11.5 Å². The molecule has 0 saturated heterocycles. The fourth-order valence-electron chi connectivity index (χ4n) is 3.17. The number of ketones is 1. The Bertz CT molecular complexity index is 765. The van der Waals surface area contributed by atoms with Gasteiger partial charge < -0.3 is 15.2 Å². The monoisotopic (exact) mass is 339 g/mol. The van der Waals surface area contributed by atoms with Gasteiger partial charge in [-0.2, -0.15) is 0 Å². The highest BCUT2D eigenvalue weighted by Crippen LogP contribution is 2.39. The lowest BCUT2D eigenvalue weighted by molar-refractivity contribution is -0.116.